The molecule has 0 atom stereocenters. The molecule has 2 heterocycles. The van der Waals surface area contributed by atoms with Crippen molar-refractivity contribution in [2.45, 2.75) is 32.1 Å². The van der Waals surface area contributed by atoms with Crippen LogP contribution in [-0.4, -0.2) is 22.6 Å². The van der Waals surface area contributed by atoms with Crippen molar-refractivity contribution in [1.29, 1.82) is 0 Å². The SMILES string of the molecule is Cc1noc2nc(C3CC3)cc(C(=O)NCCc3ccc(N)cc3)c12.Cl. The quantitative estimate of drug-likeness (QED) is 0.669. The van der Waals surface area contributed by atoms with Crippen LogP contribution in [0.3, 0.4) is 0 Å². The van der Waals surface area contributed by atoms with Crippen molar-refractivity contribution in [2.75, 3.05) is 12.3 Å². The van der Waals surface area contributed by atoms with Crippen LogP contribution in [0.15, 0.2) is 34.9 Å². The van der Waals surface area contributed by atoms with Gasteiger partial charge in [0.05, 0.1) is 16.6 Å². The van der Waals surface area contributed by atoms with Gasteiger partial charge in [-0.05, 0) is 49.9 Å². The van der Waals surface area contributed by atoms with Crippen molar-refractivity contribution in [1.82, 2.24) is 15.5 Å². The Morgan fingerprint density at radius 3 is 2.73 bits per heavy atom. The summed E-state index contributed by atoms with van der Waals surface area (Å²) in [6, 6.07) is 9.57. The van der Waals surface area contributed by atoms with E-state index in [2.05, 4.69) is 15.5 Å². The zero-order valence-corrected chi connectivity index (χ0v) is 15.3. The minimum absolute atomic E-state index is 0. The van der Waals surface area contributed by atoms with E-state index in [0.717, 1.165) is 36.2 Å². The van der Waals surface area contributed by atoms with Gasteiger partial charge in [0, 0.05) is 23.8 Å². The first-order chi connectivity index (χ1) is 12.1. The van der Waals surface area contributed by atoms with Crippen LogP contribution in [0.2, 0.25) is 0 Å². The average molecular weight is 373 g/mol. The summed E-state index contributed by atoms with van der Waals surface area (Å²) in [5.74, 6) is 0.326. The van der Waals surface area contributed by atoms with E-state index >= 15 is 0 Å². The Kier molecular flexibility index (Phi) is 5.13. The third-order valence-corrected chi connectivity index (χ3v) is 4.56. The fraction of sp³-hybridized carbons (Fsp3) is 0.316. The maximum atomic E-state index is 12.7. The molecule has 1 aliphatic carbocycles. The van der Waals surface area contributed by atoms with Crippen LogP contribution >= 0.6 is 12.4 Å². The van der Waals surface area contributed by atoms with E-state index in [0.29, 0.717) is 34.8 Å². The highest BCUT2D eigenvalue weighted by Gasteiger charge is 2.28. The van der Waals surface area contributed by atoms with Crippen molar-refractivity contribution in [2.24, 2.45) is 0 Å². The molecular formula is C19H21ClN4O2. The molecule has 1 saturated carbocycles. The monoisotopic (exact) mass is 372 g/mol. The van der Waals surface area contributed by atoms with Gasteiger partial charge in [0.1, 0.15) is 0 Å². The Morgan fingerprint density at radius 1 is 1.31 bits per heavy atom. The van der Waals surface area contributed by atoms with Gasteiger partial charge >= 0.3 is 0 Å². The van der Waals surface area contributed by atoms with Crippen molar-refractivity contribution in [3.63, 3.8) is 0 Å². The topological polar surface area (TPSA) is 94.0 Å². The molecule has 1 fully saturated rings. The molecule has 136 valence electrons. The fourth-order valence-corrected chi connectivity index (χ4v) is 2.98. The highest BCUT2D eigenvalue weighted by Crippen LogP contribution is 2.40. The summed E-state index contributed by atoms with van der Waals surface area (Å²) in [5.41, 5.74) is 10.2. The third-order valence-electron chi connectivity index (χ3n) is 4.56. The second-order valence-corrected chi connectivity index (χ2v) is 6.56. The lowest BCUT2D eigenvalue weighted by atomic mass is 10.1. The molecule has 3 aromatic rings. The number of fused-ring (bicyclic) bond motifs is 1. The van der Waals surface area contributed by atoms with Gasteiger partial charge in [0.25, 0.3) is 11.6 Å². The molecule has 0 saturated heterocycles. The first kappa shape index (κ1) is 18.2. The van der Waals surface area contributed by atoms with Gasteiger partial charge in [0.2, 0.25) is 0 Å². The maximum Gasteiger partial charge on any atom is 0.259 e. The molecule has 0 bridgehead atoms. The van der Waals surface area contributed by atoms with Gasteiger partial charge in [0.15, 0.2) is 0 Å². The lowest BCUT2D eigenvalue weighted by Crippen LogP contribution is -2.26. The van der Waals surface area contributed by atoms with Crippen LogP contribution < -0.4 is 11.1 Å². The van der Waals surface area contributed by atoms with Crippen molar-refractivity contribution < 1.29 is 9.32 Å². The molecule has 3 N–H and O–H groups in total. The number of carbonyl (C=O) groups excluding carboxylic acids is 1. The number of benzene rings is 1. The fourth-order valence-electron chi connectivity index (χ4n) is 2.98. The summed E-state index contributed by atoms with van der Waals surface area (Å²) in [6.45, 7) is 2.38. The predicted molar refractivity (Wildman–Crippen MR) is 103 cm³/mol. The molecule has 4 rings (SSSR count). The summed E-state index contributed by atoms with van der Waals surface area (Å²) in [7, 11) is 0. The molecule has 6 nitrogen and oxygen atoms in total. The van der Waals surface area contributed by atoms with Gasteiger partial charge in [-0.2, -0.15) is 0 Å². The number of nitrogen functional groups attached to an aromatic ring is 1. The Labute approximate surface area is 157 Å². The number of anilines is 1. The highest BCUT2D eigenvalue weighted by atomic mass is 35.5. The van der Waals surface area contributed by atoms with Gasteiger partial charge in [-0.15, -0.1) is 12.4 Å². The lowest BCUT2D eigenvalue weighted by Gasteiger charge is -2.08. The summed E-state index contributed by atoms with van der Waals surface area (Å²) >= 11 is 0. The molecule has 2 aromatic heterocycles. The van der Waals surface area contributed by atoms with E-state index in [1.54, 1.807) is 0 Å². The van der Waals surface area contributed by atoms with E-state index in [-0.39, 0.29) is 18.3 Å². The van der Waals surface area contributed by atoms with Crippen molar-refractivity contribution in [3.8, 4) is 0 Å². The van der Waals surface area contributed by atoms with Crippen LogP contribution in [0.25, 0.3) is 11.1 Å². The first-order valence-electron chi connectivity index (χ1n) is 8.51. The third kappa shape index (κ3) is 3.65. The molecule has 0 unspecified atom stereocenters. The van der Waals surface area contributed by atoms with Crippen molar-refractivity contribution >= 4 is 35.1 Å². The molecule has 1 aliphatic rings. The second-order valence-electron chi connectivity index (χ2n) is 6.56. The number of carbonyl (C=O) groups is 1. The molecule has 26 heavy (non-hydrogen) atoms. The molecule has 0 aliphatic heterocycles. The maximum absolute atomic E-state index is 12.7. The number of hydrogen-bond donors (Lipinski definition) is 2. The van der Waals surface area contributed by atoms with E-state index in [4.69, 9.17) is 10.3 Å². The lowest BCUT2D eigenvalue weighted by molar-refractivity contribution is 0.0955. The number of amides is 1. The highest BCUT2D eigenvalue weighted by molar-refractivity contribution is 6.06. The normalized spacial score (nSPS) is 13.4. The Morgan fingerprint density at radius 2 is 2.04 bits per heavy atom. The average Bonchev–Trinajstić information content (AvgIpc) is 3.40. The minimum Gasteiger partial charge on any atom is -0.399 e. The number of hydrogen-bond acceptors (Lipinski definition) is 5. The predicted octanol–water partition coefficient (Wildman–Crippen LogP) is 3.39. The zero-order chi connectivity index (χ0) is 17.4. The van der Waals surface area contributed by atoms with E-state index in [9.17, 15) is 4.79 Å². The second kappa shape index (κ2) is 7.33. The summed E-state index contributed by atoms with van der Waals surface area (Å²) in [4.78, 5) is 17.2. The first-order valence-corrected chi connectivity index (χ1v) is 8.51. The van der Waals surface area contributed by atoms with E-state index < -0.39 is 0 Å². The number of halogens is 1. The Bertz CT molecular complexity index is 933. The minimum atomic E-state index is -0.115. The van der Waals surface area contributed by atoms with Gasteiger partial charge in [-0.1, -0.05) is 17.3 Å². The summed E-state index contributed by atoms with van der Waals surface area (Å²) < 4.78 is 5.29. The van der Waals surface area contributed by atoms with Crippen LogP contribution in [0.5, 0.6) is 0 Å². The Balaban J connectivity index is 0.00000196. The number of rotatable bonds is 5. The number of aromatic nitrogens is 2. The molecular weight excluding hydrogens is 352 g/mol. The molecule has 0 spiro atoms. The Hall–Kier alpha value is -2.60. The van der Waals surface area contributed by atoms with Crippen LogP contribution in [0, 0.1) is 6.92 Å². The van der Waals surface area contributed by atoms with Crippen LogP contribution in [0.4, 0.5) is 5.69 Å². The van der Waals surface area contributed by atoms with Gasteiger partial charge in [-0.3, -0.25) is 4.79 Å². The van der Waals surface area contributed by atoms with E-state index in [1.165, 1.54) is 0 Å². The van der Waals surface area contributed by atoms with E-state index in [1.807, 2.05) is 37.3 Å². The van der Waals surface area contributed by atoms with Crippen molar-refractivity contribution in [3.05, 3.63) is 52.8 Å². The molecule has 1 aromatic carbocycles. The smallest absolute Gasteiger partial charge is 0.259 e. The zero-order valence-electron chi connectivity index (χ0n) is 14.5. The van der Waals surface area contributed by atoms with Crippen LogP contribution in [0.1, 0.15) is 46.1 Å². The number of nitrogens with two attached hydrogens (primary N) is 1. The van der Waals surface area contributed by atoms with Gasteiger partial charge in [-0.25, -0.2) is 4.98 Å². The molecule has 7 heteroatoms. The molecule has 1 amide bonds. The number of nitrogens with one attached hydrogen (secondary N) is 1. The van der Waals surface area contributed by atoms with Gasteiger partial charge < -0.3 is 15.6 Å². The number of nitrogens with zero attached hydrogens (tertiary/aromatic N) is 2. The molecule has 0 radical (unpaired) electrons. The number of aryl methyl sites for hydroxylation is 1. The largest absolute Gasteiger partial charge is 0.399 e. The number of pyridine rings is 1. The summed E-state index contributed by atoms with van der Waals surface area (Å²) in [5, 5.41) is 7.66. The standard InChI is InChI=1S/C19H20N4O2.ClH/c1-11-17-15(10-16(13-4-5-13)22-19(17)25-23-11)18(24)21-9-8-12-2-6-14(20)7-3-12;/h2-3,6-7,10,13H,4-5,8-9,20H2,1H3,(H,21,24);1H. The van der Waals surface area contributed by atoms with Crippen LogP contribution in [-0.2, 0) is 6.42 Å². The summed E-state index contributed by atoms with van der Waals surface area (Å²) in [6.07, 6.45) is 2.98.